The lowest BCUT2D eigenvalue weighted by atomic mass is 10.0. The minimum Gasteiger partial charge on any atom is -0.459 e. The Balaban J connectivity index is 1.44. The quantitative estimate of drug-likeness (QED) is 0.512. The zero-order valence-electron chi connectivity index (χ0n) is 16.6. The Kier molecular flexibility index (Phi) is 6.97. The molecule has 3 N–H and O–H groups in total. The predicted octanol–water partition coefficient (Wildman–Crippen LogP) is 3.01. The molecule has 0 saturated carbocycles. The van der Waals surface area contributed by atoms with Gasteiger partial charge in [0.05, 0.1) is 25.0 Å². The van der Waals surface area contributed by atoms with E-state index in [0.29, 0.717) is 11.0 Å². The van der Waals surface area contributed by atoms with Gasteiger partial charge in [-0.05, 0) is 23.6 Å². The maximum absolute atomic E-state index is 12.0. The number of nitrogens with one attached hydrogen (secondary N) is 3. The highest BCUT2D eigenvalue weighted by Crippen LogP contribution is 2.26. The molecule has 3 amide bonds. The van der Waals surface area contributed by atoms with Crippen molar-refractivity contribution < 1.29 is 18.8 Å². The molecule has 0 spiro atoms. The van der Waals surface area contributed by atoms with Crippen molar-refractivity contribution in [2.45, 2.75) is 19.8 Å². The zero-order valence-corrected chi connectivity index (χ0v) is 17.4. The highest BCUT2D eigenvalue weighted by Gasteiger charge is 2.12. The Hall–Kier alpha value is -3.46. The fourth-order valence-electron chi connectivity index (χ4n) is 2.56. The normalized spacial score (nSPS) is 10.6. The van der Waals surface area contributed by atoms with E-state index in [1.165, 1.54) is 29.2 Å². The molecule has 3 rings (SSSR count). The molecule has 3 aromatic rings. The summed E-state index contributed by atoms with van der Waals surface area (Å²) in [5.74, 6) is -0.833. The van der Waals surface area contributed by atoms with Crippen LogP contribution in [0.3, 0.4) is 0 Å². The SMILES string of the molecule is CC(C)c1ccc(-c2csc(NC(=O)CNC(=O)CNC(=O)c3ccco3)n2)cc1. The van der Waals surface area contributed by atoms with Gasteiger partial charge in [0, 0.05) is 10.9 Å². The summed E-state index contributed by atoms with van der Waals surface area (Å²) >= 11 is 1.31. The molecule has 0 radical (unpaired) electrons. The van der Waals surface area contributed by atoms with Crippen molar-refractivity contribution in [3.8, 4) is 11.3 Å². The molecule has 0 bridgehead atoms. The summed E-state index contributed by atoms with van der Waals surface area (Å²) in [5, 5.41) is 9.81. The van der Waals surface area contributed by atoms with Crippen molar-refractivity contribution in [3.05, 3.63) is 59.4 Å². The number of nitrogens with zero attached hydrogens (tertiary/aromatic N) is 1. The van der Waals surface area contributed by atoms with Gasteiger partial charge in [0.25, 0.3) is 5.91 Å². The van der Waals surface area contributed by atoms with E-state index in [9.17, 15) is 14.4 Å². The van der Waals surface area contributed by atoms with Gasteiger partial charge in [-0.2, -0.15) is 0 Å². The number of furan rings is 1. The molecule has 30 heavy (non-hydrogen) atoms. The molecular formula is C21H22N4O4S. The van der Waals surface area contributed by atoms with Gasteiger partial charge in [-0.15, -0.1) is 11.3 Å². The van der Waals surface area contributed by atoms with Crippen molar-refractivity contribution in [3.63, 3.8) is 0 Å². The Labute approximate surface area is 177 Å². The van der Waals surface area contributed by atoms with Gasteiger partial charge in [0.2, 0.25) is 11.8 Å². The van der Waals surface area contributed by atoms with Gasteiger partial charge >= 0.3 is 0 Å². The summed E-state index contributed by atoms with van der Waals surface area (Å²) in [4.78, 5) is 39.9. The predicted molar refractivity (Wildman–Crippen MR) is 114 cm³/mol. The van der Waals surface area contributed by atoms with E-state index in [2.05, 4.69) is 46.9 Å². The average Bonchev–Trinajstić information content (AvgIpc) is 3.43. The first-order valence-corrected chi connectivity index (χ1v) is 10.2. The van der Waals surface area contributed by atoms with Gasteiger partial charge in [-0.25, -0.2) is 4.98 Å². The fraction of sp³-hybridized carbons (Fsp3) is 0.238. The minimum absolute atomic E-state index is 0.110. The lowest BCUT2D eigenvalue weighted by Crippen LogP contribution is -2.40. The number of anilines is 1. The Morgan fingerprint density at radius 1 is 1.03 bits per heavy atom. The van der Waals surface area contributed by atoms with Crippen molar-refractivity contribution in [1.29, 1.82) is 0 Å². The van der Waals surface area contributed by atoms with Crippen LogP contribution in [0.4, 0.5) is 5.13 Å². The first-order chi connectivity index (χ1) is 14.4. The van der Waals surface area contributed by atoms with E-state index in [-0.39, 0.29) is 18.8 Å². The third-order valence-electron chi connectivity index (χ3n) is 4.22. The molecule has 0 atom stereocenters. The molecule has 0 aliphatic carbocycles. The van der Waals surface area contributed by atoms with Crippen LogP contribution in [0.25, 0.3) is 11.3 Å². The molecule has 9 heteroatoms. The van der Waals surface area contributed by atoms with Crippen molar-refractivity contribution in [1.82, 2.24) is 15.6 Å². The van der Waals surface area contributed by atoms with E-state index in [1.54, 1.807) is 6.07 Å². The first-order valence-electron chi connectivity index (χ1n) is 9.36. The van der Waals surface area contributed by atoms with Crippen LogP contribution < -0.4 is 16.0 Å². The molecule has 0 aliphatic rings. The highest BCUT2D eigenvalue weighted by atomic mass is 32.1. The molecule has 0 unspecified atom stereocenters. The third-order valence-corrected chi connectivity index (χ3v) is 4.98. The topological polar surface area (TPSA) is 113 Å². The van der Waals surface area contributed by atoms with E-state index >= 15 is 0 Å². The van der Waals surface area contributed by atoms with Gasteiger partial charge in [0.15, 0.2) is 10.9 Å². The van der Waals surface area contributed by atoms with E-state index < -0.39 is 17.7 Å². The molecule has 156 valence electrons. The van der Waals surface area contributed by atoms with Crippen LogP contribution in [-0.2, 0) is 9.59 Å². The summed E-state index contributed by atoms with van der Waals surface area (Å²) in [6.07, 6.45) is 1.37. The number of amides is 3. The molecule has 8 nitrogen and oxygen atoms in total. The Bertz CT molecular complexity index is 1010. The molecule has 0 aliphatic heterocycles. The van der Waals surface area contributed by atoms with Crippen LogP contribution in [0, 0.1) is 0 Å². The second kappa shape index (κ2) is 9.84. The fourth-order valence-corrected chi connectivity index (χ4v) is 3.30. The number of hydrogen-bond acceptors (Lipinski definition) is 6. The van der Waals surface area contributed by atoms with Crippen LogP contribution >= 0.6 is 11.3 Å². The second-order valence-electron chi connectivity index (χ2n) is 6.80. The maximum atomic E-state index is 12.0. The number of aromatic nitrogens is 1. The lowest BCUT2D eigenvalue weighted by molar-refractivity contribution is -0.123. The monoisotopic (exact) mass is 426 g/mol. The van der Waals surface area contributed by atoms with E-state index in [1.807, 2.05) is 17.5 Å². The van der Waals surface area contributed by atoms with Crippen LogP contribution in [0.2, 0.25) is 0 Å². The number of hydrogen-bond donors (Lipinski definition) is 3. The number of thiazole rings is 1. The molecule has 1 aromatic carbocycles. The van der Waals surface area contributed by atoms with Crippen LogP contribution in [0.1, 0.15) is 35.9 Å². The largest absolute Gasteiger partial charge is 0.459 e. The van der Waals surface area contributed by atoms with E-state index in [0.717, 1.165) is 11.3 Å². The molecule has 0 saturated heterocycles. The number of carbonyl (C=O) groups is 3. The van der Waals surface area contributed by atoms with Crippen LogP contribution in [0.5, 0.6) is 0 Å². The van der Waals surface area contributed by atoms with Gasteiger partial charge in [0.1, 0.15) is 0 Å². The maximum Gasteiger partial charge on any atom is 0.287 e. The van der Waals surface area contributed by atoms with Crippen LogP contribution in [-0.4, -0.2) is 35.8 Å². The highest BCUT2D eigenvalue weighted by molar-refractivity contribution is 7.14. The Morgan fingerprint density at radius 2 is 1.77 bits per heavy atom. The van der Waals surface area contributed by atoms with Gasteiger partial charge < -0.3 is 20.4 Å². The smallest absolute Gasteiger partial charge is 0.287 e. The van der Waals surface area contributed by atoms with Crippen molar-refractivity contribution in [2.24, 2.45) is 0 Å². The van der Waals surface area contributed by atoms with E-state index in [4.69, 9.17) is 4.42 Å². The standard InChI is InChI=1S/C21H22N4O4S/c1-13(2)14-5-7-15(8-6-14)16-12-30-21(24-16)25-19(27)11-22-18(26)10-23-20(28)17-4-3-9-29-17/h3-9,12-13H,10-11H2,1-2H3,(H,22,26)(H,23,28)(H,24,25,27). The number of benzene rings is 1. The van der Waals surface area contributed by atoms with Crippen molar-refractivity contribution in [2.75, 3.05) is 18.4 Å². The zero-order chi connectivity index (χ0) is 21.5. The van der Waals surface area contributed by atoms with Crippen molar-refractivity contribution >= 4 is 34.2 Å². The van der Waals surface area contributed by atoms with Gasteiger partial charge in [-0.3, -0.25) is 14.4 Å². The van der Waals surface area contributed by atoms with Crippen LogP contribution in [0.15, 0.2) is 52.5 Å². The summed E-state index contributed by atoms with van der Waals surface area (Å²) in [5.41, 5.74) is 2.99. The summed E-state index contributed by atoms with van der Waals surface area (Å²) < 4.78 is 4.93. The van der Waals surface area contributed by atoms with Gasteiger partial charge in [-0.1, -0.05) is 38.1 Å². The average molecular weight is 426 g/mol. The number of carbonyl (C=O) groups excluding carboxylic acids is 3. The number of rotatable bonds is 8. The second-order valence-corrected chi connectivity index (χ2v) is 7.66. The summed E-state index contributed by atoms with van der Waals surface area (Å²) in [6, 6.07) is 11.2. The lowest BCUT2D eigenvalue weighted by Gasteiger charge is -2.06. The minimum atomic E-state index is -0.503. The molecular weight excluding hydrogens is 404 g/mol. The Morgan fingerprint density at radius 3 is 2.43 bits per heavy atom. The summed E-state index contributed by atoms with van der Waals surface area (Å²) in [7, 11) is 0. The molecule has 2 aromatic heterocycles. The molecule has 2 heterocycles. The first kappa shape index (κ1) is 21.3. The summed E-state index contributed by atoms with van der Waals surface area (Å²) in [6.45, 7) is 3.78. The molecule has 0 fully saturated rings. The third kappa shape index (κ3) is 5.77.